The van der Waals surface area contributed by atoms with Crippen LogP contribution in [0.2, 0.25) is 5.02 Å². The number of primary amides is 1. The summed E-state index contributed by atoms with van der Waals surface area (Å²) in [6.45, 7) is 2.35. The second-order valence-corrected chi connectivity index (χ2v) is 6.75. The van der Waals surface area contributed by atoms with Crippen LogP contribution in [0.1, 0.15) is 24.2 Å². The second-order valence-electron chi connectivity index (χ2n) is 4.67. The number of rotatable bonds is 5. The van der Waals surface area contributed by atoms with Gasteiger partial charge in [0.05, 0.1) is 5.56 Å². The van der Waals surface area contributed by atoms with Crippen molar-refractivity contribution in [3.8, 4) is 0 Å². The summed E-state index contributed by atoms with van der Waals surface area (Å²) in [5.74, 6) is -4.16. The lowest BCUT2D eigenvalue weighted by Gasteiger charge is -2.22. The summed E-state index contributed by atoms with van der Waals surface area (Å²) in [5, 5.41) is 8.53. The first kappa shape index (κ1) is 17.3. The van der Waals surface area contributed by atoms with Crippen molar-refractivity contribution in [1.29, 1.82) is 0 Å². The molecule has 0 aliphatic rings. The number of carboxylic acids is 1. The minimum absolute atomic E-state index is 0.286. The first-order valence-corrected chi connectivity index (χ1v) is 7.31. The van der Waals surface area contributed by atoms with E-state index in [1.165, 1.54) is 13.8 Å². The molecule has 0 unspecified atom stereocenters. The molecule has 1 aromatic rings. The van der Waals surface area contributed by atoms with E-state index in [1.807, 2.05) is 4.72 Å². The number of carboxylic acid groups (broad SMARTS) is 1. The van der Waals surface area contributed by atoms with Gasteiger partial charge in [0, 0.05) is 5.02 Å². The minimum Gasteiger partial charge on any atom is -0.478 e. The molecule has 0 aliphatic carbocycles. The second kappa shape index (κ2) is 5.58. The van der Waals surface area contributed by atoms with Crippen molar-refractivity contribution in [2.75, 3.05) is 0 Å². The molecule has 0 heterocycles. The summed E-state index contributed by atoms with van der Waals surface area (Å²) in [6, 6.07) is 1.51. The molecule has 4 N–H and O–H groups in total. The Bertz CT molecular complexity index is 718. The highest BCUT2D eigenvalue weighted by Crippen LogP contribution is 2.24. The molecular formula is C11H12ClFN2O5S. The van der Waals surface area contributed by atoms with E-state index in [0.29, 0.717) is 0 Å². The van der Waals surface area contributed by atoms with Crippen molar-refractivity contribution in [2.45, 2.75) is 24.3 Å². The summed E-state index contributed by atoms with van der Waals surface area (Å²) >= 11 is 5.59. The molecule has 116 valence electrons. The normalized spacial score (nSPS) is 12.2. The summed E-state index contributed by atoms with van der Waals surface area (Å²) in [6.07, 6.45) is 0. The fourth-order valence-electron chi connectivity index (χ4n) is 1.36. The third kappa shape index (κ3) is 3.69. The maximum absolute atomic E-state index is 14.0. The molecule has 10 heteroatoms. The fourth-order valence-corrected chi connectivity index (χ4v) is 3.15. The molecule has 7 nitrogen and oxygen atoms in total. The van der Waals surface area contributed by atoms with Crippen molar-refractivity contribution in [3.63, 3.8) is 0 Å². The number of sulfonamides is 1. The Morgan fingerprint density at radius 1 is 1.38 bits per heavy atom. The Labute approximate surface area is 124 Å². The van der Waals surface area contributed by atoms with Crippen molar-refractivity contribution in [2.24, 2.45) is 5.73 Å². The van der Waals surface area contributed by atoms with Crippen LogP contribution < -0.4 is 10.5 Å². The van der Waals surface area contributed by atoms with E-state index in [2.05, 4.69) is 0 Å². The lowest BCUT2D eigenvalue weighted by Crippen LogP contribution is -2.52. The number of nitrogens with one attached hydrogen (secondary N) is 1. The van der Waals surface area contributed by atoms with Crippen molar-refractivity contribution in [3.05, 3.63) is 28.5 Å². The topological polar surface area (TPSA) is 127 Å². The lowest BCUT2D eigenvalue weighted by molar-refractivity contribution is -0.122. The molecule has 21 heavy (non-hydrogen) atoms. The molecule has 0 saturated heterocycles. The van der Waals surface area contributed by atoms with E-state index in [0.717, 1.165) is 12.1 Å². The Kier molecular flexibility index (Phi) is 4.61. The quantitative estimate of drug-likeness (QED) is 0.729. The molecule has 1 rings (SSSR count). The predicted octanol–water partition coefficient (Wildman–Crippen LogP) is 0.720. The molecule has 0 aromatic heterocycles. The van der Waals surface area contributed by atoms with Crippen LogP contribution in [-0.4, -0.2) is 30.9 Å². The predicted molar refractivity (Wildman–Crippen MR) is 72.0 cm³/mol. The molecule has 0 radical (unpaired) electrons. The van der Waals surface area contributed by atoms with E-state index in [9.17, 15) is 22.4 Å². The van der Waals surface area contributed by atoms with Gasteiger partial charge >= 0.3 is 5.97 Å². The Morgan fingerprint density at radius 2 is 1.90 bits per heavy atom. The number of halogens is 2. The molecule has 1 amide bonds. The van der Waals surface area contributed by atoms with Crippen molar-refractivity contribution in [1.82, 2.24) is 4.72 Å². The third-order valence-electron chi connectivity index (χ3n) is 2.53. The zero-order chi connectivity index (χ0) is 16.6. The molecule has 0 fully saturated rings. The van der Waals surface area contributed by atoms with E-state index in [-0.39, 0.29) is 5.02 Å². The van der Waals surface area contributed by atoms with Crippen LogP contribution in [-0.2, 0) is 14.8 Å². The van der Waals surface area contributed by atoms with Gasteiger partial charge in [0.15, 0.2) is 5.82 Å². The van der Waals surface area contributed by atoms with E-state index < -0.39 is 43.7 Å². The number of aromatic carboxylic acids is 1. The van der Waals surface area contributed by atoms with Gasteiger partial charge in [0.1, 0.15) is 10.4 Å². The highest BCUT2D eigenvalue weighted by Gasteiger charge is 2.34. The fraction of sp³-hybridized carbons (Fsp3) is 0.273. The number of benzene rings is 1. The largest absolute Gasteiger partial charge is 0.478 e. The molecule has 0 bridgehead atoms. The van der Waals surface area contributed by atoms with Crippen LogP contribution in [0.25, 0.3) is 0 Å². The Balaban J connectivity index is 3.46. The monoisotopic (exact) mass is 338 g/mol. The van der Waals surface area contributed by atoms with Gasteiger partial charge < -0.3 is 10.8 Å². The first-order valence-electron chi connectivity index (χ1n) is 5.44. The number of carbonyl (C=O) groups excluding carboxylic acids is 1. The van der Waals surface area contributed by atoms with Gasteiger partial charge in [0.25, 0.3) is 0 Å². The van der Waals surface area contributed by atoms with Gasteiger partial charge in [-0.1, -0.05) is 11.6 Å². The zero-order valence-corrected chi connectivity index (χ0v) is 12.5. The number of hydrogen-bond acceptors (Lipinski definition) is 4. The van der Waals surface area contributed by atoms with Crippen LogP contribution in [0, 0.1) is 5.82 Å². The summed E-state index contributed by atoms with van der Waals surface area (Å²) in [7, 11) is -4.55. The van der Waals surface area contributed by atoms with Crippen LogP contribution in [0.15, 0.2) is 17.0 Å². The van der Waals surface area contributed by atoms with Crippen molar-refractivity contribution < 1.29 is 27.5 Å². The Morgan fingerprint density at radius 3 is 2.33 bits per heavy atom. The van der Waals surface area contributed by atoms with E-state index in [4.69, 9.17) is 22.4 Å². The van der Waals surface area contributed by atoms with Gasteiger partial charge in [-0.05, 0) is 26.0 Å². The van der Waals surface area contributed by atoms with Gasteiger partial charge in [0.2, 0.25) is 15.9 Å². The maximum atomic E-state index is 14.0. The zero-order valence-electron chi connectivity index (χ0n) is 11.0. The molecule has 1 aromatic carbocycles. The van der Waals surface area contributed by atoms with E-state index in [1.54, 1.807) is 0 Å². The van der Waals surface area contributed by atoms with Gasteiger partial charge in [-0.2, -0.15) is 4.72 Å². The van der Waals surface area contributed by atoms with Gasteiger partial charge in [-0.3, -0.25) is 4.79 Å². The standard InChI is InChI=1S/C11H12ClFN2O5S/c1-11(2,10(14)18)15-21(19,20)7-4-5(12)3-6(8(7)13)9(16)17/h3-4,15H,1-2H3,(H2,14,18)(H,16,17). The average Bonchev–Trinajstić information content (AvgIpc) is 2.29. The summed E-state index contributed by atoms with van der Waals surface area (Å²) in [5.41, 5.74) is 2.42. The van der Waals surface area contributed by atoms with Crippen LogP contribution in [0.3, 0.4) is 0 Å². The molecule has 0 atom stereocenters. The molecular weight excluding hydrogens is 327 g/mol. The van der Waals surface area contributed by atoms with Crippen molar-refractivity contribution >= 4 is 33.5 Å². The number of nitrogens with two attached hydrogens (primary N) is 1. The van der Waals surface area contributed by atoms with Gasteiger partial charge in [-0.15, -0.1) is 0 Å². The van der Waals surface area contributed by atoms with E-state index >= 15 is 0 Å². The SMILES string of the molecule is CC(C)(NS(=O)(=O)c1cc(Cl)cc(C(=O)O)c1F)C(N)=O. The van der Waals surface area contributed by atoms with Crippen LogP contribution in [0.5, 0.6) is 0 Å². The number of carbonyl (C=O) groups is 2. The maximum Gasteiger partial charge on any atom is 0.338 e. The first-order chi connectivity index (χ1) is 9.38. The van der Waals surface area contributed by atoms with Crippen LogP contribution in [0.4, 0.5) is 4.39 Å². The smallest absolute Gasteiger partial charge is 0.338 e. The summed E-state index contributed by atoms with van der Waals surface area (Å²) < 4.78 is 40.1. The Hall–Kier alpha value is -1.71. The molecule has 0 aliphatic heterocycles. The lowest BCUT2D eigenvalue weighted by atomic mass is 10.1. The highest BCUT2D eigenvalue weighted by atomic mass is 35.5. The highest BCUT2D eigenvalue weighted by molar-refractivity contribution is 7.89. The molecule has 0 spiro atoms. The summed E-state index contributed by atoms with van der Waals surface area (Å²) in [4.78, 5) is 21.0. The number of hydrogen-bond donors (Lipinski definition) is 3. The van der Waals surface area contributed by atoms with Crippen LogP contribution >= 0.6 is 11.6 Å². The molecule has 0 saturated carbocycles. The number of amides is 1. The minimum atomic E-state index is -4.55. The van der Waals surface area contributed by atoms with Gasteiger partial charge in [-0.25, -0.2) is 17.6 Å². The average molecular weight is 339 g/mol. The third-order valence-corrected chi connectivity index (χ3v) is 4.40.